The predicted molar refractivity (Wildman–Crippen MR) is 280 cm³/mol. The molecule has 4 aliphatic rings. The van der Waals surface area contributed by atoms with Crippen LogP contribution in [-0.2, 0) is 21.7 Å². The van der Waals surface area contributed by atoms with Crippen LogP contribution < -0.4 is 32.8 Å². The van der Waals surface area contributed by atoms with Crippen LogP contribution in [0.3, 0.4) is 0 Å². The van der Waals surface area contributed by atoms with E-state index in [9.17, 15) is 0 Å². The molecule has 0 atom stereocenters. The second-order valence-electron chi connectivity index (χ2n) is 23.4. The van der Waals surface area contributed by atoms with E-state index in [1.54, 1.807) is 0 Å². The maximum Gasteiger partial charge on any atom is 0.249 e. The van der Waals surface area contributed by atoms with E-state index in [0.717, 1.165) is 0 Å². The molecule has 0 bridgehead atoms. The minimum atomic E-state index is -0.0292. The molecule has 2 aromatic heterocycles. The molecule has 9 aromatic rings. The molecule has 4 aliphatic heterocycles. The topological polar surface area (TPSA) is 9.86 Å². The fourth-order valence-corrected chi connectivity index (χ4v) is 14.4. The Morgan fingerprint density at radius 2 is 0.734 bits per heavy atom. The quantitative estimate of drug-likeness (QED) is 0.141. The van der Waals surface area contributed by atoms with E-state index in [1.807, 2.05) is 23.5 Å². The molecule has 64 heavy (non-hydrogen) atoms. The first-order chi connectivity index (χ1) is 30.3. The zero-order valence-corrected chi connectivity index (χ0v) is 40.9. The Balaban J connectivity index is 1.30. The van der Waals surface area contributed by atoms with Crippen LogP contribution in [0.4, 0.5) is 0 Å². The van der Waals surface area contributed by atoms with Crippen LogP contribution in [0.2, 0.25) is 0 Å². The number of rotatable bonds is 0. The molecule has 0 spiro atoms. The molecule has 0 radical (unpaired) electrons. The van der Waals surface area contributed by atoms with Gasteiger partial charge in [-0.1, -0.05) is 178 Å². The highest BCUT2D eigenvalue weighted by Gasteiger charge is 2.49. The molecule has 0 saturated carbocycles. The zero-order valence-electron chi connectivity index (χ0n) is 39.3. The second-order valence-corrected chi connectivity index (χ2v) is 25.5. The van der Waals surface area contributed by atoms with Crippen molar-refractivity contribution in [3.8, 4) is 11.4 Å². The van der Waals surface area contributed by atoms with Crippen LogP contribution in [0.25, 0.3) is 55.0 Å². The van der Waals surface area contributed by atoms with Crippen molar-refractivity contribution in [1.29, 1.82) is 0 Å². The van der Waals surface area contributed by atoms with Gasteiger partial charge in [-0.2, -0.15) is 0 Å². The molecule has 6 heteroatoms. The molecule has 0 unspecified atom stereocenters. The third kappa shape index (κ3) is 5.11. The Morgan fingerprint density at radius 1 is 0.375 bits per heavy atom. The van der Waals surface area contributed by atoms with Crippen LogP contribution >= 0.6 is 23.5 Å². The molecule has 314 valence electrons. The van der Waals surface area contributed by atoms with Crippen LogP contribution in [0.15, 0.2) is 129 Å². The van der Waals surface area contributed by atoms with Gasteiger partial charge in [0.1, 0.15) is 0 Å². The van der Waals surface area contributed by atoms with Gasteiger partial charge in [0.05, 0.1) is 22.4 Å². The molecule has 0 fully saturated rings. The van der Waals surface area contributed by atoms with Crippen molar-refractivity contribution in [3.63, 3.8) is 0 Å². The summed E-state index contributed by atoms with van der Waals surface area (Å²) >= 11 is 4.04. The van der Waals surface area contributed by atoms with Crippen molar-refractivity contribution in [2.75, 3.05) is 0 Å². The van der Waals surface area contributed by atoms with E-state index < -0.39 is 0 Å². The minimum Gasteiger partial charge on any atom is -0.308 e. The number of nitrogens with zero attached hydrogens (tertiary/aromatic N) is 2. The number of fused-ring (bicyclic) bond motifs is 16. The van der Waals surface area contributed by atoms with Gasteiger partial charge in [0.15, 0.2) is 0 Å². The Bertz CT molecular complexity index is 3370. The lowest BCUT2D eigenvalue weighted by atomic mass is 9.32. The number of benzene rings is 7. The van der Waals surface area contributed by atoms with E-state index in [0.29, 0.717) is 0 Å². The molecule has 0 N–H and O–H groups in total. The van der Waals surface area contributed by atoms with Crippen molar-refractivity contribution in [2.45, 2.75) is 124 Å². The Labute approximate surface area is 387 Å². The highest BCUT2D eigenvalue weighted by Crippen LogP contribution is 2.50. The smallest absolute Gasteiger partial charge is 0.249 e. The van der Waals surface area contributed by atoms with Gasteiger partial charge < -0.3 is 9.13 Å². The number of hydrogen-bond acceptors (Lipinski definition) is 2. The maximum absolute atomic E-state index is 2.76. The van der Waals surface area contributed by atoms with Crippen molar-refractivity contribution >= 4 is 113 Å². The van der Waals surface area contributed by atoms with Crippen molar-refractivity contribution in [1.82, 2.24) is 9.13 Å². The third-order valence-corrected chi connectivity index (χ3v) is 17.8. The molecule has 0 saturated heterocycles. The van der Waals surface area contributed by atoms with E-state index in [4.69, 9.17) is 0 Å². The van der Waals surface area contributed by atoms with Gasteiger partial charge in [-0.05, 0) is 114 Å². The van der Waals surface area contributed by atoms with Crippen molar-refractivity contribution in [2.24, 2.45) is 0 Å². The largest absolute Gasteiger partial charge is 0.308 e. The van der Waals surface area contributed by atoms with Crippen LogP contribution in [0.5, 0.6) is 0 Å². The van der Waals surface area contributed by atoms with E-state index in [1.165, 1.54) is 130 Å². The monoisotopic (exact) mass is 864 g/mol. The summed E-state index contributed by atoms with van der Waals surface area (Å²) in [7, 11) is 0. The van der Waals surface area contributed by atoms with E-state index in [2.05, 4.69) is 201 Å². The summed E-state index contributed by atoms with van der Waals surface area (Å²) in [6.45, 7) is 28.6. The summed E-state index contributed by atoms with van der Waals surface area (Å²) in [5.41, 5.74) is 22.2. The first kappa shape index (κ1) is 39.3. The Hall–Kier alpha value is -5.03. The van der Waals surface area contributed by atoms with E-state index >= 15 is 0 Å². The molecule has 0 amide bonds. The van der Waals surface area contributed by atoms with Gasteiger partial charge in [-0.25, -0.2) is 0 Å². The summed E-state index contributed by atoms with van der Waals surface area (Å²) in [6, 6.07) is 43.8. The van der Waals surface area contributed by atoms with Crippen molar-refractivity contribution in [3.05, 3.63) is 131 Å². The molecule has 7 aromatic carbocycles. The van der Waals surface area contributed by atoms with Gasteiger partial charge in [0, 0.05) is 52.2 Å². The van der Waals surface area contributed by atoms with E-state index in [-0.39, 0.29) is 35.1 Å². The summed E-state index contributed by atoms with van der Waals surface area (Å²) in [5.74, 6) is 0. The SMILES string of the molecule is CC(C)(C)c1ccc2c(c1)c1cc(C(C)(C)C)cc3c1n2-c1c2c(c4c5c1-n1c6ccc(C(C)(C)C)cc6c6cc(C(C)(C)C)cc(c61)B5c1ccccc1S4)Sc1ccccc1B23. The lowest BCUT2D eigenvalue weighted by Crippen LogP contribution is -2.64. The molecule has 6 heterocycles. The van der Waals surface area contributed by atoms with Gasteiger partial charge >= 0.3 is 0 Å². The number of hydrogen-bond donors (Lipinski definition) is 0. The lowest BCUT2D eigenvalue weighted by Gasteiger charge is -2.42. The van der Waals surface area contributed by atoms with Crippen molar-refractivity contribution < 1.29 is 0 Å². The molecule has 2 nitrogen and oxygen atoms in total. The average Bonchev–Trinajstić information content (AvgIpc) is 3.75. The predicted octanol–water partition coefficient (Wildman–Crippen LogP) is 11.7. The second kappa shape index (κ2) is 12.4. The highest BCUT2D eigenvalue weighted by molar-refractivity contribution is 8.03. The summed E-state index contributed by atoms with van der Waals surface area (Å²) in [4.78, 5) is 5.63. The molecule has 0 aliphatic carbocycles. The van der Waals surface area contributed by atoms with Crippen LogP contribution in [-0.4, -0.2) is 22.6 Å². The summed E-state index contributed by atoms with van der Waals surface area (Å²) in [5, 5.41) is 5.45. The zero-order chi connectivity index (χ0) is 44.3. The maximum atomic E-state index is 2.76. The first-order valence-electron chi connectivity index (χ1n) is 23.3. The fraction of sp³-hybridized carbons (Fsp3) is 0.276. The van der Waals surface area contributed by atoms with Crippen LogP contribution in [0, 0.1) is 0 Å². The van der Waals surface area contributed by atoms with Gasteiger partial charge in [0.2, 0.25) is 13.4 Å². The molecular weight excluding hydrogens is 810 g/mol. The Kier molecular flexibility index (Phi) is 7.65. The lowest BCUT2D eigenvalue weighted by molar-refractivity contribution is 0.590. The fourth-order valence-electron chi connectivity index (χ4n) is 11.8. The van der Waals surface area contributed by atoms with Crippen LogP contribution in [0.1, 0.15) is 105 Å². The molecule has 13 rings (SSSR count). The first-order valence-corrected chi connectivity index (χ1v) is 25.0. The van der Waals surface area contributed by atoms with Gasteiger partial charge in [0.25, 0.3) is 0 Å². The summed E-state index contributed by atoms with van der Waals surface area (Å²) < 4.78 is 5.52. The van der Waals surface area contributed by atoms with Gasteiger partial charge in [-0.15, -0.1) is 0 Å². The van der Waals surface area contributed by atoms with Gasteiger partial charge in [-0.3, -0.25) is 0 Å². The summed E-state index contributed by atoms with van der Waals surface area (Å²) in [6.07, 6.45) is 0. The number of aromatic nitrogens is 2. The minimum absolute atomic E-state index is 0.0134. The molecular formula is C58H54B2N2S2. The Morgan fingerprint density at radius 3 is 1.11 bits per heavy atom. The third-order valence-electron chi connectivity index (χ3n) is 15.2. The highest BCUT2D eigenvalue weighted by atomic mass is 32.2. The average molecular weight is 865 g/mol. The standard InChI is InChI=1S/C58H54B2N2S2/c1-55(2,3)31-21-23-43-35(25-31)37-27-33(57(7,8)9)29-41-49(37)61(43)51-47-53(63-45-19-15-13-17-39(45)59(41)47)54-48-52(51)62-44-24-22-32(56(4,5)6)26-36(44)38-28-34(58(10,11)12)30-42(50(38)62)60(48)40-18-14-16-20-46(40)64-54/h13-30H,1-12H3. The normalized spacial score (nSPS) is 15.0.